The van der Waals surface area contributed by atoms with E-state index in [1.54, 1.807) is 12.1 Å². The minimum Gasteiger partial charge on any atom is -0.478 e. The Kier molecular flexibility index (Phi) is 4.45. The summed E-state index contributed by atoms with van der Waals surface area (Å²) in [4.78, 5) is 23.1. The van der Waals surface area contributed by atoms with Gasteiger partial charge in [0.2, 0.25) is 0 Å². The van der Waals surface area contributed by atoms with Crippen molar-refractivity contribution in [3.05, 3.63) is 58.6 Å². The Morgan fingerprint density at radius 3 is 2.38 bits per heavy atom. The fourth-order valence-corrected chi connectivity index (χ4v) is 1.97. The number of urea groups is 1. The maximum absolute atomic E-state index is 12.0. The van der Waals surface area contributed by atoms with Crippen molar-refractivity contribution in [3.8, 4) is 0 Å². The van der Waals surface area contributed by atoms with Crippen LogP contribution in [0.2, 0.25) is 5.02 Å². The van der Waals surface area contributed by atoms with Gasteiger partial charge in [-0.3, -0.25) is 0 Å². The van der Waals surface area contributed by atoms with E-state index in [2.05, 4.69) is 10.6 Å². The molecule has 6 heteroatoms. The molecule has 0 radical (unpaired) electrons. The summed E-state index contributed by atoms with van der Waals surface area (Å²) in [5, 5.41) is 14.6. The van der Waals surface area contributed by atoms with Crippen LogP contribution in [0.25, 0.3) is 0 Å². The number of para-hydroxylation sites is 1. The molecular formula is C15H13ClN2O3. The van der Waals surface area contributed by atoms with E-state index < -0.39 is 12.0 Å². The molecule has 2 rings (SSSR count). The van der Waals surface area contributed by atoms with E-state index in [-0.39, 0.29) is 11.3 Å². The largest absolute Gasteiger partial charge is 0.478 e. The minimum atomic E-state index is -1.14. The van der Waals surface area contributed by atoms with E-state index in [4.69, 9.17) is 16.7 Å². The van der Waals surface area contributed by atoms with Crippen molar-refractivity contribution in [2.75, 3.05) is 10.6 Å². The molecular weight excluding hydrogens is 292 g/mol. The van der Waals surface area contributed by atoms with Gasteiger partial charge in [0.1, 0.15) is 0 Å². The molecule has 2 amide bonds. The molecule has 0 unspecified atom stereocenters. The van der Waals surface area contributed by atoms with E-state index in [1.807, 2.05) is 19.1 Å². The minimum absolute atomic E-state index is 0.0284. The standard InChI is InChI=1S/C15H13ClN2O3/c1-9-4-2-3-5-12(9)17-15(21)18-13-8-10(16)6-7-11(13)14(19)20/h2-8H,1H3,(H,19,20)(H2,17,18,21). The molecule has 0 spiro atoms. The first kappa shape index (κ1) is 14.9. The number of halogens is 1. The highest BCUT2D eigenvalue weighted by Crippen LogP contribution is 2.22. The predicted octanol–water partition coefficient (Wildman–Crippen LogP) is 3.99. The van der Waals surface area contributed by atoms with Crippen molar-refractivity contribution < 1.29 is 14.7 Å². The number of aryl methyl sites for hydroxylation is 1. The van der Waals surface area contributed by atoms with Gasteiger partial charge in [0.25, 0.3) is 0 Å². The Morgan fingerprint density at radius 1 is 1.05 bits per heavy atom. The number of hydrogen-bond donors (Lipinski definition) is 3. The third kappa shape index (κ3) is 3.73. The van der Waals surface area contributed by atoms with Crippen molar-refractivity contribution in [1.29, 1.82) is 0 Å². The smallest absolute Gasteiger partial charge is 0.337 e. The van der Waals surface area contributed by atoms with Crippen LogP contribution >= 0.6 is 11.6 Å². The molecule has 2 aromatic carbocycles. The number of benzene rings is 2. The Labute approximate surface area is 126 Å². The van der Waals surface area contributed by atoms with Gasteiger partial charge in [-0.15, -0.1) is 0 Å². The SMILES string of the molecule is Cc1ccccc1NC(=O)Nc1cc(Cl)ccc1C(=O)O. The van der Waals surface area contributed by atoms with Gasteiger partial charge in [0.05, 0.1) is 11.3 Å². The van der Waals surface area contributed by atoms with Crippen LogP contribution in [0.4, 0.5) is 16.2 Å². The van der Waals surface area contributed by atoms with Gasteiger partial charge in [-0.1, -0.05) is 29.8 Å². The summed E-state index contributed by atoms with van der Waals surface area (Å²) in [6.07, 6.45) is 0. The lowest BCUT2D eigenvalue weighted by molar-refractivity contribution is 0.0698. The van der Waals surface area contributed by atoms with Crippen LogP contribution in [0, 0.1) is 6.92 Å². The van der Waals surface area contributed by atoms with Crippen molar-refractivity contribution in [3.63, 3.8) is 0 Å². The lowest BCUT2D eigenvalue weighted by atomic mass is 10.2. The van der Waals surface area contributed by atoms with Crippen LogP contribution in [0.5, 0.6) is 0 Å². The predicted molar refractivity (Wildman–Crippen MR) is 82.2 cm³/mol. The summed E-state index contributed by atoms with van der Waals surface area (Å²) < 4.78 is 0. The number of carboxylic acid groups (broad SMARTS) is 1. The molecule has 2 aromatic rings. The molecule has 0 saturated carbocycles. The molecule has 0 saturated heterocycles. The third-order valence-electron chi connectivity index (χ3n) is 2.85. The first-order valence-corrected chi connectivity index (χ1v) is 6.51. The van der Waals surface area contributed by atoms with Gasteiger partial charge in [-0.05, 0) is 36.8 Å². The quantitative estimate of drug-likeness (QED) is 0.802. The Bertz CT molecular complexity index is 701. The molecule has 108 valence electrons. The van der Waals surface area contributed by atoms with Crippen LogP contribution < -0.4 is 10.6 Å². The average Bonchev–Trinajstić information content (AvgIpc) is 2.41. The zero-order valence-electron chi connectivity index (χ0n) is 11.2. The first-order chi connectivity index (χ1) is 9.97. The zero-order valence-corrected chi connectivity index (χ0v) is 11.9. The number of carbonyl (C=O) groups excluding carboxylic acids is 1. The second kappa shape index (κ2) is 6.28. The fraction of sp³-hybridized carbons (Fsp3) is 0.0667. The highest BCUT2D eigenvalue weighted by molar-refractivity contribution is 6.31. The lowest BCUT2D eigenvalue weighted by Gasteiger charge is -2.11. The molecule has 3 N–H and O–H groups in total. The average molecular weight is 305 g/mol. The molecule has 5 nitrogen and oxygen atoms in total. The molecule has 0 atom stereocenters. The Morgan fingerprint density at radius 2 is 1.71 bits per heavy atom. The highest BCUT2D eigenvalue weighted by Gasteiger charge is 2.13. The molecule has 0 aliphatic rings. The summed E-state index contributed by atoms with van der Waals surface area (Å²) in [7, 11) is 0. The van der Waals surface area contributed by atoms with E-state index in [0.29, 0.717) is 10.7 Å². The van der Waals surface area contributed by atoms with Crippen LogP contribution in [0.3, 0.4) is 0 Å². The number of amides is 2. The number of carbonyl (C=O) groups is 2. The number of rotatable bonds is 3. The molecule has 0 bridgehead atoms. The summed E-state index contributed by atoms with van der Waals surface area (Å²) >= 11 is 5.83. The van der Waals surface area contributed by atoms with Crippen molar-refractivity contribution >= 4 is 35.0 Å². The molecule has 0 aliphatic heterocycles. The van der Waals surface area contributed by atoms with Crippen molar-refractivity contribution in [1.82, 2.24) is 0 Å². The van der Waals surface area contributed by atoms with Crippen molar-refractivity contribution in [2.45, 2.75) is 6.92 Å². The number of aromatic carboxylic acids is 1. The van der Waals surface area contributed by atoms with Gasteiger partial charge in [-0.2, -0.15) is 0 Å². The molecule has 0 fully saturated rings. The number of nitrogens with one attached hydrogen (secondary N) is 2. The molecule has 0 aliphatic carbocycles. The van der Waals surface area contributed by atoms with Gasteiger partial charge in [0, 0.05) is 10.7 Å². The second-order valence-electron chi connectivity index (χ2n) is 4.39. The summed E-state index contributed by atoms with van der Waals surface area (Å²) in [5.74, 6) is -1.14. The number of anilines is 2. The van der Waals surface area contributed by atoms with E-state index >= 15 is 0 Å². The molecule has 0 heterocycles. The maximum atomic E-state index is 12.0. The topological polar surface area (TPSA) is 78.4 Å². The molecule has 0 aromatic heterocycles. The van der Waals surface area contributed by atoms with Crippen LogP contribution in [0.1, 0.15) is 15.9 Å². The Balaban J connectivity index is 2.18. The van der Waals surface area contributed by atoms with Gasteiger partial charge in [0.15, 0.2) is 0 Å². The van der Waals surface area contributed by atoms with Crippen LogP contribution in [0.15, 0.2) is 42.5 Å². The number of carboxylic acids is 1. The van der Waals surface area contributed by atoms with Gasteiger partial charge >= 0.3 is 12.0 Å². The van der Waals surface area contributed by atoms with Crippen molar-refractivity contribution in [2.24, 2.45) is 0 Å². The number of hydrogen-bond acceptors (Lipinski definition) is 2. The second-order valence-corrected chi connectivity index (χ2v) is 4.83. The normalized spacial score (nSPS) is 10.0. The van der Waals surface area contributed by atoms with Crippen LogP contribution in [-0.2, 0) is 0 Å². The lowest BCUT2D eigenvalue weighted by Crippen LogP contribution is -2.21. The summed E-state index contributed by atoms with van der Waals surface area (Å²) in [5.41, 5.74) is 1.66. The zero-order chi connectivity index (χ0) is 15.4. The maximum Gasteiger partial charge on any atom is 0.337 e. The summed E-state index contributed by atoms with van der Waals surface area (Å²) in [6.45, 7) is 1.86. The fourth-order valence-electron chi connectivity index (χ4n) is 1.80. The highest BCUT2D eigenvalue weighted by atomic mass is 35.5. The van der Waals surface area contributed by atoms with E-state index in [1.165, 1.54) is 18.2 Å². The van der Waals surface area contributed by atoms with E-state index in [0.717, 1.165) is 5.56 Å². The van der Waals surface area contributed by atoms with Gasteiger partial charge < -0.3 is 15.7 Å². The Hall–Kier alpha value is -2.53. The first-order valence-electron chi connectivity index (χ1n) is 6.14. The monoisotopic (exact) mass is 304 g/mol. The van der Waals surface area contributed by atoms with Gasteiger partial charge in [-0.25, -0.2) is 9.59 Å². The third-order valence-corrected chi connectivity index (χ3v) is 3.09. The molecule has 21 heavy (non-hydrogen) atoms. The van der Waals surface area contributed by atoms with Crippen LogP contribution in [-0.4, -0.2) is 17.1 Å². The van der Waals surface area contributed by atoms with E-state index in [9.17, 15) is 9.59 Å². The summed E-state index contributed by atoms with van der Waals surface area (Å²) in [6, 6.07) is 10.9.